The molecule has 1 aliphatic carbocycles. The van der Waals surface area contributed by atoms with Gasteiger partial charge in [0, 0.05) is 0 Å². The summed E-state index contributed by atoms with van der Waals surface area (Å²) in [7, 11) is 3.70. The molecule has 6 heteroatoms. The second kappa shape index (κ2) is 6.62. The van der Waals surface area contributed by atoms with Gasteiger partial charge >= 0.3 is 153 Å². The van der Waals surface area contributed by atoms with Gasteiger partial charge in [0.1, 0.15) is 0 Å². The third kappa shape index (κ3) is 3.16. The van der Waals surface area contributed by atoms with Gasteiger partial charge in [-0.15, -0.1) is 0 Å². The second-order valence-electron chi connectivity index (χ2n) is 7.74. The molecule has 0 saturated carbocycles. The zero-order valence-corrected chi connectivity index (χ0v) is 20.4. The minimum atomic E-state index is -4.25. The number of hydrogen-bond donors (Lipinski definition) is 1. The zero-order chi connectivity index (χ0) is 17.5. The van der Waals surface area contributed by atoms with Crippen LogP contribution in [0.25, 0.3) is 6.08 Å². The van der Waals surface area contributed by atoms with Crippen LogP contribution in [0.3, 0.4) is 0 Å². The summed E-state index contributed by atoms with van der Waals surface area (Å²) in [6.07, 6.45) is 2.23. The molecular formula is C17H29BrNO2SiZr. The number of halogens is 1. The Kier molecular flexibility index (Phi) is 5.68. The normalized spacial score (nSPS) is 20.1. The fourth-order valence-electron chi connectivity index (χ4n) is 4.02. The summed E-state index contributed by atoms with van der Waals surface area (Å²) in [5.74, 6) is -1.32. The zero-order valence-electron chi connectivity index (χ0n) is 15.2. The molecule has 0 amide bonds. The number of nitrogens with one attached hydrogen (secondary N) is 1. The van der Waals surface area contributed by atoms with Crippen molar-refractivity contribution in [3.05, 3.63) is 39.9 Å². The van der Waals surface area contributed by atoms with Gasteiger partial charge in [0.2, 0.25) is 0 Å². The Hall–Kier alpha value is 0.420. The number of fused-ring (bicyclic) bond motifs is 1. The Bertz CT molecular complexity index is 623. The van der Waals surface area contributed by atoms with Gasteiger partial charge in [-0.3, -0.25) is 0 Å². The molecule has 0 fully saturated rings. The topological polar surface area (TPSA) is 30.5 Å². The molecule has 23 heavy (non-hydrogen) atoms. The minimum absolute atomic E-state index is 0.0701. The van der Waals surface area contributed by atoms with Crippen molar-refractivity contribution in [2.45, 2.75) is 43.0 Å². The van der Waals surface area contributed by atoms with Crippen LogP contribution in [0.1, 0.15) is 35.5 Å². The van der Waals surface area contributed by atoms with Gasteiger partial charge in [-0.2, -0.15) is 0 Å². The molecule has 0 aromatic heterocycles. The Balaban J connectivity index is 2.76. The molecule has 2 rings (SSSR count). The summed E-state index contributed by atoms with van der Waals surface area (Å²) >= 11 is -0.396. The molecule has 0 radical (unpaired) electrons. The Morgan fingerprint density at radius 2 is 1.70 bits per heavy atom. The van der Waals surface area contributed by atoms with E-state index in [1.807, 2.05) is 14.2 Å². The average Bonchev–Trinajstić information content (AvgIpc) is 2.80. The van der Waals surface area contributed by atoms with Gasteiger partial charge in [0.25, 0.3) is 0 Å². The maximum atomic E-state index is 6.49. The third-order valence-corrected chi connectivity index (χ3v) is 42.0. The second-order valence-corrected chi connectivity index (χ2v) is 36.0. The van der Waals surface area contributed by atoms with Gasteiger partial charge in [-0.25, -0.2) is 0 Å². The number of hydrogen-bond acceptors (Lipinski definition) is 3. The van der Waals surface area contributed by atoms with Crippen LogP contribution in [0.4, 0.5) is 0 Å². The molecule has 1 unspecified atom stereocenters. The molecule has 0 heterocycles. The summed E-state index contributed by atoms with van der Waals surface area (Å²) < 4.78 is 18.3. The third-order valence-electron chi connectivity index (χ3n) is 4.98. The van der Waals surface area contributed by atoms with E-state index < -0.39 is 25.0 Å². The molecule has 0 bridgehead atoms. The summed E-state index contributed by atoms with van der Waals surface area (Å²) in [6.45, 7) is 11.3. The first-order chi connectivity index (χ1) is 10.6. The van der Waals surface area contributed by atoms with Crippen LogP contribution in [-0.4, -0.2) is 25.7 Å². The Labute approximate surface area is 152 Å². The van der Waals surface area contributed by atoms with Crippen LogP contribution in [0.5, 0.6) is 0 Å². The van der Waals surface area contributed by atoms with E-state index in [9.17, 15) is 0 Å². The van der Waals surface area contributed by atoms with Gasteiger partial charge in [-0.05, 0) is 0 Å². The summed E-state index contributed by atoms with van der Waals surface area (Å²) in [5, 5.41) is 0. The van der Waals surface area contributed by atoms with Gasteiger partial charge in [0.05, 0.1) is 0 Å². The molecule has 0 spiro atoms. The predicted octanol–water partition coefficient (Wildman–Crippen LogP) is 4.58. The van der Waals surface area contributed by atoms with Crippen LogP contribution in [0.15, 0.2) is 28.7 Å². The van der Waals surface area contributed by atoms with E-state index in [4.69, 9.17) is 5.63 Å². The van der Waals surface area contributed by atoms with E-state index in [1.165, 1.54) is 15.6 Å². The molecule has 1 N–H and O–H groups in total. The standard InChI is InChI=1S/C9H6Br.C4H10N.C2H7Si.2CH3O.Zr/c10-9-5-7-3-1-2-4-8(7)6-9;1-4(2,3)5;1-3-2;2*1-2;/h1-6H;5H,1-3H3;3H,1-2H3;2*1H3;/q;-1;;2*-1;+3. The van der Waals surface area contributed by atoms with Crippen molar-refractivity contribution in [1.82, 2.24) is 3.26 Å². The molecule has 1 aliphatic rings. The van der Waals surface area contributed by atoms with Crippen LogP contribution >= 0.6 is 15.9 Å². The Morgan fingerprint density at radius 1 is 1.13 bits per heavy atom. The molecule has 0 saturated heterocycles. The van der Waals surface area contributed by atoms with Crippen LogP contribution < -0.4 is 3.26 Å². The van der Waals surface area contributed by atoms with Crippen molar-refractivity contribution in [1.29, 1.82) is 0 Å². The molecule has 1 aromatic rings. The number of allylic oxidation sites excluding steroid dienone is 1. The fraction of sp³-hybridized carbons (Fsp3) is 0.529. The maximum absolute atomic E-state index is 6.49. The first-order valence-electron chi connectivity index (χ1n) is 8.13. The average molecular weight is 479 g/mol. The molecule has 1 atom stereocenters. The molecule has 129 valence electrons. The van der Waals surface area contributed by atoms with E-state index in [-0.39, 0.29) is 9.16 Å². The van der Waals surface area contributed by atoms with E-state index in [2.05, 4.69) is 83.4 Å². The van der Waals surface area contributed by atoms with Crippen molar-refractivity contribution in [2.24, 2.45) is 0 Å². The fourth-order valence-corrected chi connectivity index (χ4v) is 38.7. The first kappa shape index (κ1) is 19.7. The number of rotatable bonds is 5. The molecule has 0 aliphatic heterocycles. The van der Waals surface area contributed by atoms with Crippen LogP contribution in [-0.2, 0) is 24.7 Å². The molecule has 3 nitrogen and oxygen atoms in total. The summed E-state index contributed by atoms with van der Waals surface area (Å²) in [6, 6.07) is 8.59. The predicted molar refractivity (Wildman–Crippen MR) is 102 cm³/mol. The quantitative estimate of drug-likeness (QED) is 0.629. The van der Waals surface area contributed by atoms with Crippen molar-refractivity contribution >= 4 is 27.9 Å². The van der Waals surface area contributed by atoms with Gasteiger partial charge < -0.3 is 0 Å². The van der Waals surface area contributed by atoms with Crippen molar-refractivity contribution < 1.29 is 24.7 Å². The summed E-state index contributed by atoms with van der Waals surface area (Å²) in [4.78, 5) is 0. The van der Waals surface area contributed by atoms with Crippen molar-refractivity contribution in [3.8, 4) is 0 Å². The SMILES string of the molecule is C[O][Zr]([NH]C(C)(C)C)([O]C)([CH]1C(Br)=Cc2ccccc21)[SiH](C)C. The summed E-state index contributed by atoms with van der Waals surface area (Å²) in [5.41, 5.74) is 2.52. The first-order valence-corrected chi connectivity index (χ1v) is 20.7. The van der Waals surface area contributed by atoms with E-state index in [0.717, 1.165) is 0 Å². The van der Waals surface area contributed by atoms with Gasteiger partial charge in [0.15, 0.2) is 0 Å². The van der Waals surface area contributed by atoms with Crippen LogP contribution in [0, 0.1) is 0 Å². The monoisotopic (exact) mass is 476 g/mol. The Morgan fingerprint density at radius 3 is 2.17 bits per heavy atom. The van der Waals surface area contributed by atoms with Crippen molar-refractivity contribution in [2.75, 3.05) is 14.2 Å². The molecular weight excluding hydrogens is 449 g/mol. The van der Waals surface area contributed by atoms with Gasteiger partial charge in [-0.1, -0.05) is 0 Å². The number of benzene rings is 1. The molecule has 1 aromatic carbocycles. The van der Waals surface area contributed by atoms with Crippen molar-refractivity contribution in [3.63, 3.8) is 0 Å². The van der Waals surface area contributed by atoms with Crippen LogP contribution in [0.2, 0.25) is 13.1 Å². The van der Waals surface area contributed by atoms with E-state index >= 15 is 0 Å². The van der Waals surface area contributed by atoms with E-state index in [0.29, 0.717) is 0 Å². The van der Waals surface area contributed by atoms with E-state index in [1.54, 1.807) is 0 Å².